The average Bonchev–Trinajstić information content (AvgIpc) is 2.14. The van der Waals surface area contributed by atoms with Crippen LogP contribution in [-0.4, -0.2) is 24.1 Å². The summed E-state index contributed by atoms with van der Waals surface area (Å²) in [4.78, 5) is 22.0. The lowest BCUT2D eigenvalue weighted by Gasteiger charge is -2.21. The van der Waals surface area contributed by atoms with Gasteiger partial charge in [-0.05, 0) is 33.1 Å². The third-order valence-electron chi connectivity index (χ3n) is 2.31. The molecule has 0 saturated heterocycles. The fraction of sp³-hybridized carbons (Fsp3) is 0.833. The van der Waals surface area contributed by atoms with Gasteiger partial charge in [0.05, 0.1) is 0 Å². The Kier molecular flexibility index (Phi) is 6.61. The summed E-state index contributed by atoms with van der Waals surface area (Å²) >= 11 is 0. The summed E-state index contributed by atoms with van der Waals surface area (Å²) in [5, 5.41) is 2.70. The molecule has 3 N–H and O–H groups in total. The lowest BCUT2D eigenvalue weighted by atomic mass is 10.0. The topological polar surface area (TPSA) is 81.4 Å². The summed E-state index contributed by atoms with van der Waals surface area (Å²) in [5.74, 6) is -0.0456. The molecular formula is C12H24N2O3. The minimum absolute atomic E-state index is 0.259. The Morgan fingerprint density at radius 2 is 1.94 bits per heavy atom. The van der Waals surface area contributed by atoms with Gasteiger partial charge in [0.2, 0.25) is 5.91 Å². The SMILES string of the molecule is CCC(CCC(N)=O)CNC(=O)OC(C)(C)C. The third-order valence-corrected chi connectivity index (χ3v) is 2.31. The number of amides is 2. The van der Waals surface area contributed by atoms with Crippen molar-refractivity contribution in [3.05, 3.63) is 0 Å². The first-order chi connectivity index (χ1) is 7.74. The number of nitrogens with two attached hydrogens (primary N) is 1. The van der Waals surface area contributed by atoms with Gasteiger partial charge in [0.1, 0.15) is 5.60 Å². The number of ether oxygens (including phenoxy) is 1. The Labute approximate surface area is 103 Å². The number of alkyl carbamates (subject to hydrolysis) is 1. The van der Waals surface area contributed by atoms with Gasteiger partial charge in [-0.1, -0.05) is 13.3 Å². The smallest absolute Gasteiger partial charge is 0.407 e. The van der Waals surface area contributed by atoms with Crippen LogP contribution in [0.1, 0.15) is 47.0 Å². The standard InChI is InChI=1S/C12H24N2O3/c1-5-9(6-7-10(13)15)8-14-11(16)17-12(2,3)4/h9H,5-8H2,1-4H3,(H2,13,15)(H,14,16). The van der Waals surface area contributed by atoms with Gasteiger partial charge in [-0.25, -0.2) is 4.79 Å². The van der Waals surface area contributed by atoms with Crippen molar-refractivity contribution in [2.45, 2.75) is 52.6 Å². The molecule has 0 rings (SSSR count). The normalized spacial score (nSPS) is 12.9. The van der Waals surface area contributed by atoms with Gasteiger partial charge >= 0.3 is 6.09 Å². The van der Waals surface area contributed by atoms with E-state index in [-0.39, 0.29) is 11.8 Å². The molecule has 100 valence electrons. The maximum Gasteiger partial charge on any atom is 0.407 e. The van der Waals surface area contributed by atoms with Crippen LogP contribution >= 0.6 is 0 Å². The molecule has 0 fully saturated rings. The molecule has 2 amide bonds. The van der Waals surface area contributed by atoms with Gasteiger partial charge in [0, 0.05) is 13.0 Å². The number of primary amides is 1. The van der Waals surface area contributed by atoms with Gasteiger partial charge in [-0.3, -0.25) is 4.79 Å². The molecule has 5 nitrogen and oxygen atoms in total. The van der Waals surface area contributed by atoms with E-state index in [4.69, 9.17) is 10.5 Å². The lowest BCUT2D eigenvalue weighted by molar-refractivity contribution is -0.118. The number of hydrogen-bond acceptors (Lipinski definition) is 3. The molecule has 0 aromatic rings. The second kappa shape index (κ2) is 7.14. The first kappa shape index (κ1) is 15.7. The number of nitrogens with one attached hydrogen (secondary N) is 1. The number of rotatable bonds is 6. The Bertz CT molecular complexity index is 259. The molecule has 1 unspecified atom stereocenters. The van der Waals surface area contributed by atoms with Crippen molar-refractivity contribution in [2.24, 2.45) is 11.7 Å². The van der Waals surface area contributed by atoms with E-state index in [0.717, 1.165) is 6.42 Å². The highest BCUT2D eigenvalue weighted by Crippen LogP contribution is 2.10. The third kappa shape index (κ3) is 9.66. The molecule has 0 aliphatic carbocycles. The van der Waals surface area contributed by atoms with E-state index in [1.165, 1.54) is 0 Å². The maximum atomic E-state index is 11.4. The van der Waals surface area contributed by atoms with E-state index < -0.39 is 11.7 Å². The van der Waals surface area contributed by atoms with Crippen molar-refractivity contribution in [1.29, 1.82) is 0 Å². The quantitative estimate of drug-likeness (QED) is 0.747. The highest BCUT2D eigenvalue weighted by molar-refractivity contribution is 5.73. The lowest BCUT2D eigenvalue weighted by Crippen LogP contribution is -2.35. The van der Waals surface area contributed by atoms with Crippen LogP contribution in [-0.2, 0) is 9.53 Å². The van der Waals surface area contributed by atoms with E-state index in [2.05, 4.69) is 5.32 Å². The number of carbonyl (C=O) groups is 2. The van der Waals surface area contributed by atoms with Crippen molar-refractivity contribution in [3.63, 3.8) is 0 Å². The Hall–Kier alpha value is -1.26. The minimum atomic E-state index is -0.487. The van der Waals surface area contributed by atoms with Crippen LogP contribution in [0, 0.1) is 5.92 Å². The fourth-order valence-electron chi connectivity index (χ4n) is 1.34. The predicted molar refractivity (Wildman–Crippen MR) is 66.4 cm³/mol. The zero-order chi connectivity index (χ0) is 13.5. The summed E-state index contributed by atoms with van der Waals surface area (Å²) in [6.45, 7) is 7.98. The first-order valence-corrected chi connectivity index (χ1v) is 5.99. The summed E-state index contributed by atoms with van der Waals surface area (Å²) < 4.78 is 5.12. The average molecular weight is 244 g/mol. The van der Waals surface area contributed by atoms with Gasteiger partial charge < -0.3 is 15.8 Å². The summed E-state index contributed by atoms with van der Waals surface area (Å²) in [6.07, 6.45) is 1.52. The van der Waals surface area contributed by atoms with E-state index in [9.17, 15) is 9.59 Å². The fourth-order valence-corrected chi connectivity index (χ4v) is 1.34. The van der Waals surface area contributed by atoms with Gasteiger partial charge in [0.15, 0.2) is 0 Å². The molecule has 0 saturated carbocycles. The van der Waals surface area contributed by atoms with Crippen LogP contribution in [0.25, 0.3) is 0 Å². The molecule has 0 aromatic carbocycles. The highest BCUT2D eigenvalue weighted by Gasteiger charge is 2.17. The molecular weight excluding hydrogens is 220 g/mol. The van der Waals surface area contributed by atoms with Crippen LogP contribution in [0.5, 0.6) is 0 Å². The van der Waals surface area contributed by atoms with Gasteiger partial charge in [-0.2, -0.15) is 0 Å². The molecule has 0 radical (unpaired) electrons. The zero-order valence-electron chi connectivity index (χ0n) is 11.2. The molecule has 0 aliphatic heterocycles. The van der Waals surface area contributed by atoms with Crippen LogP contribution in [0.3, 0.4) is 0 Å². The predicted octanol–water partition coefficient (Wildman–Crippen LogP) is 1.80. The van der Waals surface area contributed by atoms with Crippen LogP contribution in [0.2, 0.25) is 0 Å². The molecule has 1 atom stereocenters. The molecule has 5 heteroatoms. The molecule has 0 bridgehead atoms. The molecule has 0 aromatic heterocycles. The molecule has 0 heterocycles. The van der Waals surface area contributed by atoms with Crippen molar-refractivity contribution in [3.8, 4) is 0 Å². The van der Waals surface area contributed by atoms with Gasteiger partial charge in [-0.15, -0.1) is 0 Å². The Morgan fingerprint density at radius 3 is 2.35 bits per heavy atom. The van der Waals surface area contributed by atoms with E-state index >= 15 is 0 Å². The number of carbonyl (C=O) groups excluding carboxylic acids is 2. The van der Waals surface area contributed by atoms with Crippen molar-refractivity contribution in [1.82, 2.24) is 5.32 Å². The highest BCUT2D eigenvalue weighted by atomic mass is 16.6. The largest absolute Gasteiger partial charge is 0.444 e. The monoisotopic (exact) mass is 244 g/mol. The summed E-state index contributed by atoms with van der Waals surface area (Å²) in [7, 11) is 0. The Morgan fingerprint density at radius 1 is 1.35 bits per heavy atom. The second-order valence-electron chi connectivity index (χ2n) is 5.16. The van der Waals surface area contributed by atoms with Crippen molar-refractivity contribution < 1.29 is 14.3 Å². The maximum absolute atomic E-state index is 11.4. The number of hydrogen-bond donors (Lipinski definition) is 2. The molecule has 0 spiro atoms. The summed E-state index contributed by atoms with van der Waals surface area (Å²) in [6, 6.07) is 0. The van der Waals surface area contributed by atoms with E-state index in [1.807, 2.05) is 27.7 Å². The first-order valence-electron chi connectivity index (χ1n) is 5.99. The Balaban J connectivity index is 3.90. The van der Waals surface area contributed by atoms with Crippen molar-refractivity contribution in [2.75, 3.05) is 6.54 Å². The second-order valence-corrected chi connectivity index (χ2v) is 5.16. The van der Waals surface area contributed by atoms with Crippen LogP contribution < -0.4 is 11.1 Å². The minimum Gasteiger partial charge on any atom is -0.444 e. The summed E-state index contributed by atoms with van der Waals surface area (Å²) in [5.41, 5.74) is 4.60. The van der Waals surface area contributed by atoms with Crippen LogP contribution in [0.15, 0.2) is 0 Å². The zero-order valence-corrected chi connectivity index (χ0v) is 11.2. The van der Waals surface area contributed by atoms with Gasteiger partial charge in [0.25, 0.3) is 0 Å². The molecule has 17 heavy (non-hydrogen) atoms. The molecule has 0 aliphatic rings. The van der Waals surface area contributed by atoms with Crippen molar-refractivity contribution >= 4 is 12.0 Å². The van der Waals surface area contributed by atoms with E-state index in [1.54, 1.807) is 0 Å². The van der Waals surface area contributed by atoms with E-state index in [0.29, 0.717) is 19.4 Å². The van der Waals surface area contributed by atoms with Crippen LogP contribution in [0.4, 0.5) is 4.79 Å².